The van der Waals surface area contributed by atoms with Crippen LogP contribution in [0.1, 0.15) is 26.2 Å². The number of nitrogens with one attached hydrogen (secondary N) is 1. The Morgan fingerprint density at radius 3 is 2.93 bits per heavy atom. The largest absolute Gasteiger partial charge is 0.394 e. The van der Waals surface area contributed by atoms with Crippen LogP contribution < -0.4 is 5.32 Å². The summed E-state index contributed by atoms with van der Waals surface area (Å²) >= 11 is 0. The third-order valence-electron chi connectivity index (χ3n) is 2.44. The van der Waals surface area contributed by atoms with Gasteiger partial charge in [0.1, 0.15) is 0 Å². The van der Waals surface area contributed by atoms with Crippen molar-refractivity contribution in [1.29, 1.82) is 0 Å². The van der Waals surface area contributed by atoms with Crippen molar-refractivity contribution in [3.63, 3.8) is 0 Å². The number of likely N-dealkylation sites (tertiary alicyclic amines) is 1. The monoisotopic (exact) mass is 214 g/mol. The van der Waals surface area contributed by atoms with E-state index in [0.717, 1.165) is 12.8 Å². The van der Waals surface area contributed by atoms with Crippen molar-refractivity contribution >= 4 is 11.8 Å². The number of amides is 2. The van der Waals surface area contributed by atoms with Gasteiger partial charge < -0.3 is 15.3 Å². The minimum absolute atomic E-state index is 0.0491. The Labute approximate surface area is 89.4 Å². The standard InChI is InChI=1S/C10H18N2O3/c1-8(7-13)11-9(14)6-12-5-3-2-4-10(12)15/h8,13H,2-7H2,1H3,(H,11,14). The summed E-state index contributed by atoms with van der Waals surface area (Å²) in [5, 5.41) is 11.4. The lowest BCUT2D eigenvalue weighted by molar-refractivity contribution is -0.138. The van der Waals surface area contributed by atoms with E-state index in [1.165, 1.54) is 0 Å². The average Bonchev–Trinajstić information content (AvgIpc) is 2.21. The first kappa shape index (κ1) is 12.0. The van der Waals surface area contributed by atoms with Crippen LogP contribution in [0, 0.1) is 0 Å². The van der Waals surface area contributed by atoms with Crippen molar-refractivity contribution in [3.8, 4) is 0 Å². The summed E-state index contributed by atoms with van der Waals surface area (Å²) in [6.07, 6.45) is 2.43. The highest BCUT2D eigenvalue weighted by Crippen LogP contribution is 2.09. The second-order valence-electron chi connectivity index (χ2n) is 3.92. The highest BCUT2D eigenvalue weighted by Gasteiger charge is 2.20. The van der Waals surface area contributed by atoms with Crippen molar-refractivity contribution in [1.82, 2.24) is 10.2 Å². The molecule has 1 fully saturated rings. The third kappa shape index (κ3) is 3.87. The fraction of sp³-hybridized carbons (Fsp3) is 0.800. The van der Waals surface area contributed by atoms with Gasteiger partial charge in [0.2, 0.25) is 11.8 Å². The first-order chi connectivity index (χ1) is 7.13. The Morgan fingerprint density at radius 1 is 1.60 bits per heavy atom. The van der Waals surface area contributed by atoms with Gasteiger partial charge in [-0.25, -0.2) is 0 Å². The van der Waals surface area contributed by atoms with Crippen LogP contribution in [-0.4, -0.2) is 47.6 Å². The minimum Gasteiger partial charge on any atom is -0.394 e. The molecular formula is C10H18N2O3. The number of nitrogens with zero attached hydrogens (tertiary/aromatic N) is 1. The molecule has 0 radical (unpaired) electrons. The highest BCUT2D eigenvalue weighted by atomic mass is 16.3. The van der Waals surface area contributed by atoms with Crippen LogP contribution in [0.25, 0.3) is 0 Å². The van der Waals surface area contributed by atoms with Gasteiger partial charge in [-0.15, -0.1) is 0 Å². The fourth-order valence-corrected chi connectivity index (χ4v) is 1.57. The number of carbonyl (C=O) groups is 2. The molecule has 1 atom stereocenters. The normalized spacial score (nSPS) is 18.8. The molecule has 5 nitrogen and oxygen atoms in total. The number of hydrogen-bond acceptors (Lipinski definition) is 3. The molecule has 1 heterocycles. The lowest BCUT2D eigenvalue weighted by atomic mass is 10.1. The minimum atomic E-state index is -0.252. The lowest BCUT2D eigenvalue weighted by Crippen LogP contribution is -2.45. The van der Waals surface area contributed by atoms with E-state index in [1.807, 2.05) is 0 Å². The Hall–Kier alpha value is -1.10. The molecule has 0 spiro atoms. The van der Waals surface area contributed by atoms with Gasteiger partial charge in [0.05, 0.1) is 13.2 Å². The van der Waals surface area contributed by atoms with E-state index in [0.29, 0.717) is 13.0 Å². The van der Waals surface area contributed by atoms with Crippen molar-refractivity contribution in [2.45, 2.75) is 32.2 Å². The van der Waals surface area contributed by atoms with Gasteiger partial charge in [-0.1, -0.05) is 0 Å². The Balaban J connectivity index is 2.33. The zero-order valence-corrected chi connectivity index (χ0v) is 9.03. The maximum atomic E-state index is 11.4. The molecule has 0 aliphatic carbocycles. The highest BCUT2D eigenvalue weighted by molar-refractivity contribution is 5.85. The number of piperidine rings is 1. The topological polar surface area (TPSA) is 69.6 Å². The zero-order chi connectivity index (χ0) is 11.3. The van der Waals surface area contributed by atoms with Gasteiger partial charge in [-0.3, -0.25) is 9.59 Å². The molecule has 1 rings (SSSR count). The zero-order valence-electron chi connectivity index (χ0n) is 9.03. The number of rotatable bonds is 4. The predicted molar refractivity (Wildman–Crippen MR) is 55.1 cm³/mol. The maximum Gasteiger partial charge on any atom is 0.239 e. The van der Waals surface area contributed by atoms with Crippen LogP contribution in [-0.2, 0) is 9.59 Å². The van der Waals surface area contributed by atoms with Crippen molar-refractivity contribution < 1.29 is 14.7 Å². The second kappa shape index (κ2) is 5.70. The molecule has 1 aliphatic heterocycles. The molecule has 1 aliphatic rings. The van der Waals surface area contributed by atoms with Gasteiger partial charge in [0.15, 0.2) is 0 Å². The van der Waals surface area contributed by atoms with Crippen LogP contribution >= 0.6 is 0 Å². The third-order valence-corrected chi connectivity index (χ3v) is 2.44. The fourth-order valence-electron chi connectivity index (χ4n) is 1.57. The van der Waals surface area contributed by atoms with Crippen molar-refractivity contribution in [3.05, 3.63) is 0 Å². The average molecular weight is 214 g/mol. The molecule has 0 saturated carbocycles. The number of aliphatic hydroxyl groups is 1. The van der Waals surface area contributed by atoms with Crippen LogP contribution in [0.5, 0.6) is 0 Å². The van der Waals surface area contributed by atoms with Crippen LogP contribution in [0.2, 0.25) is 0 Å². The van der Waals surface area contributed by atoms with E-state index < -0.39 is 0 Å². The molecule has 0 bridgehead atoms. The molecule has 5 heteroatoms. The maximum absolute atomic E-state index is 11.4. The van der Waals surface area contributed by atoms with E-state index >= 15 is 0 Å². The molecule has 0 aromatic heterocycles. The summed E-state index contributed by atoms with van der Waals surface area (Å²) in [5.74, 6) is -0.153. The van der Waals surface area contributed by atoms with Gasteiger partial charge >= 0.3 is 0 Å². The summed E-state index contributed by atoms with van der Waals surface area (Å²) in [5.41, 5.74) is 0. The number of hydrogen-bond donors (Lipinski definition) is 2. The molecule has 0 aromatic rings. The molecule has 1 saturated heterocycles. The van der Waals surface area contributed by atoms with E-state index in [9.17, 15) is 9.59 Å². The summed E-state index contributed by atoms with van der Waals surface area (Å²) in [6.45, 7) is 2.42. The first-order valence-electron chi connectivity index (χ1n) is 5.31. The lowest BCUT2D eigenvalue weighted by Gasteiger charge is -2.26. The van der Waals surface area contributed by atoms with Gasteiger partial charge in [0, 0.05) is 19.0 Å². The van der Waals surface area contributed by atoms with Crippen LogP contribution in [0.15, 0.2) is 0 Å². The molecule has 0 aromatic carbocycles. The first-order valence-corrected chi connectivity index (χ1v) is 5.31. The molecule has 2 N–H and O–H groups in total. The van der Waals surface area contributed by atoms with Crippen molar-refractivity contribution in [2.24, 2.45) is 0 Å². The van der Waals surface area contributed by atoms with Gasteiger partial charge in [0.25, 0.3) is 0 Å². The van der Waals surface area contributed by atoms with E-state index in [-0.39, 0.29) is 31.0 Å². The quantitative estimate of drug-likeness (QED) is 0.662. The molecule has 1 unspecified atom stereocenters. The van der Waals surface area contributed by atoms with E-state index in [4.69, 9.17) is 5.11 Å². The number of aliphatic hydroxyl groups excluding tert-OH is 1. The Morgan fingerprint density at radius 2 is 2.33 bits per heavy atom. The van der Waals surface area contributed by atoms with Crippen molar-refractivity contribution in [2.75, 3.05) is 19.7 Å². The Bertz CT molecular complexity index is 243. The summed E-state index contributed by atoms with van der Waals surface area (Å²) < 4.78 is 0. The van der Waals surface area contributed by atoms with Crippen LogP contribution in [0.3, 0.4) is 0 Å². The molecular weight excluding hydrogens is 196 g/mol. The van der Waals surface area contributed by atoms with E-state index in [2.05, 4.69) is 5.32 Å². The van der Waals surface area contributed by atoms with Crippen LogP contribution in [0.4, 0.5) is 0 Å². The van der Waals surface area contributed by atoms with Gasteiger partial charge in [-0.05, 0) is 19.8 Å². The summed E-state index contributed by atoms with van der Waals surface area (Å²) in [4.78, 5) is 24.4. The second-order valence-corrected chi connectivity index (χ2v) is 3.92. The van der Waals surface area contributed by atoms with E-state index in [1.54, 1.807) is 11.8 Å². The molecule has 2 amide bonds. The molecule has 86 valence electrons. The summed E-state index contributed by atoms with van der Waals surface area (Å²) in [7, 11) is 0. The van der Waals surface area contributed by atoms with Gasteiger partial charge in [-0.2, -0.15) is 0 Å². The summed E-state index contributed by atoms with van der Waals surface area (Å²) in [6, 6.07) is -0.252. The predicted octanol–water partition coefficient (Wildman–Crippen LogP) is -0.504. The Kier molecular flexibility index (Phi) is 4.55. The number of carbonyl (C=O) groups excluding carboxylic acids is 2. The smallest absolute Gasteiger partial charge is 0.239 e. The molecule has 15 heavy (non-hydrogen) atoms. The SMILES string of the molecule is CC(CO)NC(=O)CN1CCCCC1=O.